The fourth-order valence-corrected chi connectivity index (χ4v) is 2.83. The standard InChI is InChI=1S/C20H20FN5O2/c21-17-5-1-16(2-6-17)14-23-19(27)25-9-11-26(12-10-25)20(28)24-18-7-3-15(13-22)4-8-18/h1-8H,9-12,14H2,(H,23,27)(H,24,28). The van der Waals surface area contributed by atoms with Gasteiger partial charge in [-0.15, -0.1) is 0 Å². The van der Waals surface area contributed by atoms with Crippen LogP contribution in [0.5, 0.6) is 0 Å². The Morgan fingerprint density at radius 3 is 2.07 bits per heavy atom. The first-order valence-corrected chi connectivity index (χ1v) is 8.88. The summed E-state index contributed by atoms with van der Waals surface area (Å²) in [6.45, 7) is 2.02. The molecule has 0 radical (unpaired) electrons. The molecule has 0 saturated carbocycles. The normalized spacial score (nSPS) is 13.6. The van der Waals surface area contributed by atoms with Gasteiger partial charge < -0.3 is 20.4 Å². The molecular weight excluding hydrogens is 361 g/mol. The van der Waals surface area contributed by atoms with Crippen LogP contribution in [0.4, 0.5) is 19.7 Å². The number of carbonyl (C=O) groups excluding carboxylic acids is 2. The van der Waals surface area contributed by atoms with Gasteiger partial charge in [-0.2, -0.15) is 5.26 Å². The van der Waals surface area contributed by atoms with Crippen molar-refractivity contribution in [2.45, 2.75) is 6.54 Å². The molecule has 3 rings (SSSR count). The Kier molecular flexibility index (Phi) is 6.07. The lowest BCUT2D eigenvalue weighted by molar-refractivity contribution is 0.149. The van der Waals surface area contributed by atoms with Crippen LogP contribution in [0, 0.1) is 17.1 Å². The lowest BCUT2D eigenvalue weighted by atomic mass is 10.2. The van der Waals surface area contributed by atoms with Crippen LogP contribution in [-0.4, -0.2) is 48.0 Å². The number of carbonyl (C=O) groups is 2. The Labute approximate surface area is 162 Å². The SMILES string of the molecule is N#Cc1ccc(NC(=O)N2CCN(C(=O)NCc3ccc(F)cc3)CC2)cc1. The third-order valence-corrected chi connectivity index (χ3v) is 4.48. The fraction of sp³-hybridized carbons (Fsp3) is 0.250. The number of anilines is 1. The van der Waals surface area contributed by atoms with Crippen molar-refractivity contribution in [2.75, 3.05) is 31.5 Å². The molecule has 0 aromatic heterocycles. The molecule has 2 N–H and O–H groups in total. The van der Waals surface area contributed by atoms with E-state index in [2.05, 4.69) is 10.6 Å². The van der Waals surface area contributed by atoms with Crippen molar-refractivity contribution in [2.24, 2.45) is 0 Å². The number of piperazine rings is 1. The number of amides is 4. The largest absolute Gasteiger partial charge is 0.334 e. The number of halogens is 1. The van der Waals surface area contributed by atoms with E-state index in [1.807, 2.05) is 6.07 Å². The number of nitriles is 1. The monoisotopic (exact) mass is 381 g/mol. The van der Waals surface area contributed by atoms with Crippen LogP contribution in [0.3, 0.4) is 0 Å². The highest BCUT2D eigenvalue weighted by molar-refractivity contribution is 5.89. The van der Waals surface area contributed by atoms with Gasteiger partial charge in [-0.1, -0.05) is 12.1 Å². The molecule has 0 bridgehead atoms. The van der Waals surface area contributed by atoms with E-state index in [1.165, 1.54) is 12.1 Å². The van der Waals surface area contributed by atoms with E-state index >= 15 is 0 Å². The van der Waals surface area contributed by atoms with E-state index in [9.17, 15) is 14.0 Å². The first kappa shape index (κ1) is 19.2. The van der Waals surface area contributed by atoms with E-state index in [0.29, 0.717) is 44.0 Å². The molecule has 144 valence electrons. The molecule has 0 atom stereocenters. The van der Waals surface area contributed by atoms with Crippen molar-refractivity contribution in [3.63, 3.8) is 0 Å². The Morgan fingerprint density at radius 1 is 0.929 bits per heavy atom. The lowest BCUT2D eigenvalue weighted by Gasteiger charge is -2.34. The van der Waals surface area contributed by atoms with Gasteiger partial charge in [0.05, 0.1) is 11.6 Å². The topological polar surface area (TPSA) is 88.5 Å². The summed E-state index contributed by atoms with van der Waals surface area (Å²) in [5, 5.41) is 14.4. The number of hydrogen-bond donors (Lipinski definition) is 2. The Balaban J connectivity index is 1.44. The van der Waals surface area contributed by atoms with Crippen molar-refractivity contribution < 1.29 is 14.0 Å². The average molecular weight is 381 g/mol. The number of nitrogens with one attached hydrogen (secondary N) is 2. The van der Waals surface area contributed by atoms with Gasteiger partial charge in [0, 0.05) is 38.4 Å². The molecule has 0 unspecified atom stereocenters. The maximum Gasteiger partial charge on any atom is 0.321 e. The summed E-state index contributed by atoms with van der Waals surface area (Å²) in [5.41, 5.74) is 1.96. The second-order valence-corrected chi connectivity index (χ2v) is 6.38. The van der Waals surface area contributed by atoms with Gasteiger partial charge in [-0.3, -0.25) is 0 Å². The van der Waals surface area contributed by atoms with Crippen molar-refractivity contribution in [1.29, 1.82) is 5.26 Å². The summed E-state index contributed by atoms with van der Waals surface area (Å²) >= 11 is 0. The predicted octanol–water partition coefficient (Wildman–Crippen LogP) is 2.76. The average Bonchev–Trinajstić information content (AvgIpc) is 2.73. The second kappa shape index (κ2) is 8.86. The molecule has 4 amide bonds. The molecule has 1 aliphatic rings. The minimum Gasteiger partial charge on any atom is -0.334 e. The highest BCUT2D eigenvalue weighted by atomic mass is 19.1. The van der Waals surface area contributed by atoms with Crippen molar-refractivity contribution >= 4 is 17.7 Å². The van der Waals surface area contributed by atoms with E-state index < -0.39 is 0 Å². The van der Waals surface area contributed by atoms with E-state index in [1.54, 1.807) is 46.2 Å². The van der Waals surface area contributed by atoms with Crippen LogP contribution in [0.25, 0.3) is 0 Å². The van der Waals surface area contributed by atoms with Gasteiger partial charge in [-0.05, 0) is 42.0 Å². The summed E-state index contributed by atoms with van der Waals surface area (Å²) in [4.78, 5) is 27.9. The number of hydrogen-bond acceptors (Lipinski definition) is 3. The molecule has 1 saturated heterocycles. The first-order chi connectivity index (χ1) is 13.5. The minimum atomic E-state index is -0.314. The third kappa shape index (κ3) is 4.98. The third-order valence-electron chi connectivity index (χ3n) is 4.48. The van der Waals surface area contributed by atoms with Crippen LogP contribution < -0.4 is 10.6 Å². The van der Waals surface area contributed by atoms with Crippen LogP contribution >= 0.6 is 0 Å². The highest BCUT2D eigenvalue weighted by Crippen LogP contribution is 2.11. The Hall–Kier alpha value is -3.60. The first-order valence-electron chi connectivity index (χ1n) is 8.88. The summed E-state index contributed by atoms with van der Waals surface area (Å²) < 4.78 is 12.9. The molecule has 1 heterocycles. The summed E-state index contributed by atoms with van der Waals surface area (Å²) in [5.74, 6) is -0.314. The zero-order chi connectivity index (χ0) is 19.9. The number of benzene rings is 2. The smallest absolute Gasteiger partial charge is 0.321 e. The molecule has 0 spiro atoms. The summed E-state index contributed by atoms with van der Waals surface area (Å²) in [6, 6.07) is 14.2. The predicted molar refractivity (Wildman–Crippen MR) is 102 cm³/mol. The molecule has 1 aliphatic heterocycles. The lowest BCUT2D eigenvalue weighted by Crippen LogP contribution is -2.53. The number of urea groups is 2. The van der Waals surface area contributed by atoms with Gasteiger partial charge >= 0.3 is 12.1 Å². The van der Waals surface area contributed by atoms with E-state index in [-0.39, 0.29) is 17.9 Å². The van der Waals surface area contributed by atoms with Gasteiger partial charge in [-0.25, -0.2) is 14.0 Å². The molecule has 1 fully saturated rings. The molecule has 28 heavy (non-hydrogen) atoms. The van der Waals surface area contributed by atoms with E-state index in [0.717, 1.165) is 5.56 Å². The van der Waals surface area contributed by atoms with Crippen molar-refractivity contribution in [1.82, 2.24) is 15.1 Å². The van der Waals surface area contributed by atoms with E-state index in [4.69, 9.17) is 5.26 Å². The van der Waals surface area contributed by atoms with Crippen molar-refractivity contribution in [3.05, 3.63) is 65.5 Å². The summed E-state index contributed by atoms with van der Waals surface area (Å²) in [7, 11) is 0. The zero-order valence-electron chi connectivity index (χ0n) is 15.2. The molecule has 0 aliphatic carbocycles. The summed E-state index contributed by atoms with van der Waals surface area (Å²) in [6.07, 6.45) is 0. The zero-order valence-corrected chi connectivity index (χ0v) is 15.2. The molecular formula is C20H20FN5O2. The highest BCUT2D eigenvalue weighted by Gasteiger charge is 2.24. The maximum absolute atomic E-state index is 12.9. The van der Waals surface area contributed by atoms with Crippen molar-refractivity contribution in [3.8, 4) is 6.07 Å². The van der Waals surface area contributed by atoms with Gasteiger partial charge in [0.15, 0.2) is 0 Å². The Bertz CT molecular complexity index is 869. The molecule has 8 heteroatoms. The second-order valence-electron chi connectivity index (χ2n) is 6.38. The minimum absolute atomic E-state index is 0.212. The van der Waals surface area contributed by atoms with Gasteiger partial charge in [0.25, 0.3) is 0 Å². The quantitative estimate of drug-likeness (QED) is 0.857. The van der Waals surface area contributed by atoms with Crippen LogP contribution in [0.15, 0.2) is 48.5 Å². The Morgan fingerprint density at radius 2 is 1.50 bits per heavy atom. The van der Waals surface area contributed by atoms with Gasteiger partial charge in [0.2, 0.25) is 0 Å². The number of rotatable bonds is 3. The van der Waals surface area contributed by atoms with Crippen LogP contribution in [0.1, 0.15) is 11.1 Å². The van der Waals surface area contributed by atoms with Crippen LogP contribution in [-0.2, 0) is 6.54 Å². The maximum atomic E-state index is 12.9. The molecule has 7 nitrogen and oxygen atoms in total. The van der Waals surface area contributed by atoms with Gasteiger partial charge in [0.1, 0.15) is 5.82 Å². The fourth-order valence-electron chi connectivity index (χ4n) is 2.83. The molecule has 2 aromatic rings. The van der Waals surface area contributed by atoms with Crippen LogP contribution in [0.2, 0.25) is 0 Å². The number of nitrogens with zero attached hydrogens (tertiary/aromatic N) is 3. The molecule has 2 aromatic carbocycles.